The molecule has 0 spiro atoms. The monoisotopic (exact) mass is 676 g/mol. The van der Waals surface area contributed by atoms with Crippen LogP contribution in [-0.2, 0) is 14.4 Å². The summed E-state index contributed by atoms with van der Waals surface area (Å²) in [5, 5.41) is 7.83. The van der Waals surface area contributed by atoms with Gasteiger partial charge in [0.25, 0.3) is 0 Å². The molecule has 5 heterocycles. The summed E-state index contributed by atoms with van der Waals surface area (Å²) in [6, 6.07) is 9.58. The fourth-order valence-corrected chi connectivity index (χ4v) is 7.19. The number of hydroxylamine groups is 1. The molecular formula is C35H42F2N8O4. The number of carbonyl (C=O) groups is 1. The van der Waals surface area contributed by atoms with Gasteiger partial charge < -0.3 is 25.0 Å². The van der Waals surface area contributed by atoms with Crippen LogP contribution in [0, 0.1) is 11.6 Å². The maximum Gasteiger partial charge on any atom is 0.247 e. The first-order valence-corrected chi connectivity index (χ1v) is 16.8. The molecule has 4 saturated heterocycles. The van der Waals surface area contributed by atoms with E-state index in [0.29, 0.717) is 59.4 Å². The molecule has 0 unspecified atom stereocenters. The van der Waals surface area contributed by atoms with Crippen molar-refractivity contribution in [2.75, 3.05) is 86.8 Å². The van der Waals surface area contributed by atoms with Crippen molar-refractivity contribution in [1.82, 2.24) is 19.8 Å². The van der Waals surface area contributed by atoms with Gasteiger partial charge in [-0.2, -0.15) is 0 Å². The molecule has 12 nitrogen and oxygen atoms in total. The lowest BCUT2D eigenvalue weighted by Crippen LogP contribution is -2.59. The molecule has 1 aromatic heterocycles. The van der Waals surface area contributed by atoms with Crippen LogP contribution in [-0.4, -0.2) is 104 Å². The van der Waals surface area contributed by atoms with Crippen LogP contribution in [0.2, 0.25) is 0 Å². The van der Waals surface area contributed by atoms with Crippen molar-refractivity contribution in [3.63, 3.8) is 0 Å². The van der Waals surface area contributed by atoms with Gasteiger partial charge in [0.2, 0.25) is 5.91 Å². The van der Waals surface area contributed by atoms with Gasteiger partial charge in [-0.1, -0.05) is 6.58 Å². The number of carbonyl (C=O) groups excluding carboxylic acids is 1. The van der Waals surface area contributed by atoms with Crippen LogP contribution in [0.15, 0.2) is 55.4 Å². The minimum absolute atomic E-state index is 0.322. The molecule has 4 aliphatic rings. The molecular weight excluding hydrogens is 634 g/mol. The highest BCUT2D eigenvalue weighted by Gasteiger charge is 2.33. The van der Waals surface area contributed by atoms with E-state index in [2.05, 4.69) is 41.9 Å². The maximum atomic E-state index is 14.0. The van der Waals surface area contributed by atoms with Crippen molar-refractivity contribution in [1.29, 1.82) is 0 Å². The standard InChI is InChI=1S/C35H42F2N8O4/c1-3-35(46)41-28-17-29(40-33-19-34(39-22-38-33)45-30(6-13-49-45)23-14-24(36)16-25(37)15-23)32(47-2)18-31(28)44-7-4-26(5-8-44)42-9-11-43(12-10-42)27-20-48-21-27/h3,14-19,22,26-27,30H,1,4-13,20-21H2,2H3,(H,41,46)(H,38,39,40)/t30-/m1/s1. The second-order valence-corrected chi connectivity index (χ2v) is 12.8. The highest BCUT2D eigenvalue weighted by atomic mass is 19.1. The largest absolute Gasteiger partial charge is 0.494 e. The quantitative estimate of drug-likeness (QED) is 0.297. The summed E-state index contributed by atoms with van der Waals surface area (Å²) >= 11 is 0. The van der Waals surface area contributed by atoms with Crippen LogP contribution in [0.4, 0.5) is 37.5 Å². The Kier molecular flexibility index (Phi) is 9.89. The first kappa shape index (κ1) is 33.1. The van der Waals surface area contributed by atoms with Crippen LogP contribution in [0.25, 0.3) is 0 Å². The summed E-state index contributed by atoms with van der Waals surface area (Å²) in [6.45, 7) is 11.7. The summed E-state index contributed by atoms with van der Waals surface area (Å²) < 4.78 is 39.3. The van der Waals surface area contributed by atoms with Gasteiger partial charge in [0.15, 0.2) is 5.82 Å². The van der Waals surface area contributed by atoms with E-state index in [1.165, 1.54) is 24.5 Å². The smallest absolute Gasteiger partial charge is 0.247 e. The summed E-state index contributed by atoms with van der Waals surface area (Å²) in [6.07, 6.45) is 5.21. The molecule has 3 aromatic rings. The van der Waals surface area contributed by atoms with Gasteiger partial charge in [-0.3, -0.25) is 19.4 Å². The Hall–Kier alpha value is -4.37. The van der Waals surface area contributed by atoms with Crippen molar-refractivity contribution in [2.45, 2.75) is 37.4 Å². The lowest BCUT2D eigenvalue weighted by atomic mass is 10.0. The van der Waals surface area contributed by atoms with Gasteiger partial charge in [0, 0.05) is 69.9 Å². The van der Waals surface area contributed by atoms with E-state index >= 15 is 0 Å². The number of anilines is 5. The fourth-order valence-electron chi connectivity index (χ4n) is 7.19. The van der Waals surface area contributed by atoms with Crippen molar-refractivity contribution < 1.29 is 27.9 Å². The first-order chi connectivity index (χ1) is 23.9. The lowest BCUT2D eigenvalue weighted by Gasteiger charge is -2.46. The van der Waals surface area contributed by atoms with Crippen LogP contribution in [0.5, 0.6) is 5.75 Å². The number of piperazine rings is 1. The fraction of sp³-hybridized carbons (Fsp3) is 0.457. The maximum absolute atomic E-state index is 14.0. The number of methoxy groups -OCH3 is 1. The van der Waals surface area contributed by atoms with Crippen LogP contribution in [0.1, 0.15) is 30.9 Å². The van der Waals surface area contributed by atoms with Gasteiger partial charge in [-0.05, 0) is 42.7 Å². The Labute approximate surface area is 284 Å². The number of aromatic nitrogens is 2. The summed E-state index contributed by atoms with van der Waals surface area (Å²) in [5.74, 6) is -0.211. The van der Waals surface area contributed by atoms with Crippen LogP contribution < -0.4 is 25.3 Å². The number of hydrogen-bond acceptors (Lipinski definition) is 11. The molecule has 0 aliphatic carbocycles. The van der Waals surface area contributed by atoms with E-state index in [9.17, 15) is 13.6 Å². The van der Waals surface area contributed by atoms with Crippen molar-refractivity contribution >= 4 is 34.6 Å². The summed E-state index contributed by atoms with van der Waals surface area (Å²) in [5.41, 5.74) is 2.51. The number of piperidine rings is 1. The Bertz CT molecular complexity index is 1640. The molecule has 49 heavy (non-hydrogen) atoms. The SMILES string of the molecule is C=CC(=O)Nc1cc(Nc2cc(N3OCC[C@@H]3c3cc(F)cc(F)c3)ncn2)c(OC)cc1N1CCC(N2CCN(C3COC3)CC2)CC1. The lowest BCUT2D eigenvalue weighted by molar-refractivity contribution is -0.111. The molecule has 14 heteroatoms. The highest BCUT2D eigenvalue weighted by molar-refractivity contribution is 6.02. The van der Waals surface area contributed by atoms with Gasteiger partial charge in [0.1, 0.15) is 29.5 Å². The molecule has 0 saturated carbocycles. The number of halogens is 2. The second kappa shape index (κ2) is 14.6. The number of amides is 1. The Morgan fingerprint density at radius 2 is 1.63 bits per heavy atom. The molecule has 1 amide bonds. The number of nitrogens with zero attached hydrogens (tertiary/aromatic N) is 6. The number of hydrogen-bond donors (Lipinski definition) is 2. The van der Waals surface area contributed by atoms with Crippen LogP contribution in [0.3, 0.4) is 0 Å². The molecule has 1 atom stereocenters. The Morgan fingerprint density at radius 1 is 0.918 bits per heavy atom. The first-order valence-electron chi connectivity index (χ1n) is 16.8. The topological polar surface area (TPSA) is 108 Å². The van der Waals surface area contributed by atoms with Gasteiger partial charge in [-0.15, -0.1) is 0 Å². The molecule has 4 fully saturated rings. The summed E-state index contributed by atoms with van der Waals surface area (Å²) in [4.78, 5) is 34.7. The predicted molar refractivity (Wildman–Crippen MR) is 182 cm³/mol. The van der Waals surface area contributed by atoms with E-state index in [0.717, 1.165) is 77.1 Å². The Balaban J connectivity index is 1.07. The average molecular weight is 677 g/mol. The van der Waals surface area contributed by atoms with Crippen molar-refractivity contribution in [3.05, 3.63) is 72.6 Å². The summed E-state index contributed by atoms with van der Waals surface area (Å²) in [7, 11) is 1.60. The van der Waals surface area contributed by atoms with Crippen molar-refractivity contribution in [2.24, 2.45) is 0 Å². The molecule has 0 radical (unpaired) electrons. The second-order valence-electron chi connectivity index (χ2n) is 12.8. The third-order valence-electron chi connectivity index (χ3n) is 9.88. The molecule has 0 bridgehead atoms. The van der Waals surface area contributed by atoms with Crippen LogP contribution >= 0.6 is 0 Å². The van der Waals surface area contributed by atoms with E-state index in [-0.39, 0.29) is 5.91 Å². The third kappa shape index (κ3) is 7.32. The van der Waals surface area contributed by atoms with E-state index in [4.69, 9.17) is 14.3 Å². The molecule has 2 N–H and O–H groups in total. The van der Waals surface area contributed by atoms with Crippen molar-refractivity contribution in [3.8, 4) is 5.75 Å². The molecule has 7 rings (SSSR count). The number of nitrogens with one attached hydrogen (secondary N) is 2. The molecule has 4 aliphatic heterocycles. The molecule has 260 valence electrons. The zero-order valence-electron chi connectivity index (χ0n) is 27.6. The van der Waals surface area contributed by atoms with Gasteiger partial charge in [-0.25, -0.2) is 23.8 Å². The normalized spacial score (nSPS) is 21.0. The predicted octanol–water partition coefficient (Wildman–Crippen LogP) is 4.50. The van der Waals surface area contributed by atoms with Gasteiger partial charge in [0.05, 0.1) is 56.1 Å². The zero-order valence-corrected chi connectivity index (χ0v) is 27.6. The number of ether oxygens (including phenoxy) is 2. The number of benzene rings is 2. The highest BCUT2D eigenvalue weighted by Crippen LogP contribution is 2.41. The average Bonchev–Trinajstić information content (AvgIpc) is 3.58. The Morgan fingerprint density at radius 3 is 2.29 bits per heavy atom. The minimum atomic E-state index is -0.653. The molecule has 2 aromatic carbocycles. The zero-order chi connectivity index (χ0) is 33.9. The van der Waals surface area contributed by atoms with E-state index in [1.807, 2.05) is 12.1 Å². The van der Waals surface area contributed by atoms with E-state index < -0.39 is 17.7 Å². The third-order valence-corrected chi connectivity index (χ3v) is 9.88. The van der Waals surface area contributed by atoms with Gasteiger partial charge >= 0.3 is 0 Å². The number of rotatable bonds is 10. The minimum Gasteiger partial charge on any atom is -0.494 e. The van der Waals surface area contributed by atoms with E-state index in [1.54, 1.807) is 18.2 Å².